The summed E-state index contributed by atoms with van der Waals surface area (Å²) in [5.74, 6) is 0. The highest BCUT2D eigenvalue weighted by atomic mass is 28.4. The Morgan fingerprint density at radius 2 is 0.292 bits per heavy atom. The quantitative estimate of drug-likeness (QED) is 0.0601. The molecule has 0 rings (SSSR count). The first-order chi connectivity index (χ1) is 47.0. The zero-order valence-corrected chi connectivity index (χ0v) is 70.9. The molecule has 0 aromatic rings. The van der Waals surface area contributed by atoms with Gasteiger partial charge in [-0.1, -0.05) is 0 Å². The van der Waals surface area contributed by atoms with Gasteiger partial charge in [0, 0.05) is 281 Å². The topological polar surface area (TPSA) is 827 Å². The van der Waals surface area contributed by atoms with E-state index in [1.807, 2.05) is 0 Å². The summed E-state index contributed by atoms with van der Waals surface area (Å²) in [6.07, 6.45) is 2.49. The van der Waals surface area contributed by atoms with E-state index >= 15 is 0 Å². The Labute approximate surface area is 586 Å². The van der Waals surface area contributed by atoms with Crippen molar-refractivity contribution in [1.82, 2.24) is 0 Å². The van der Waals surface area contributed by atoms with Crippen molar-refractivity contribution in [3.05, 3.63) is 0 Å². The maximum atomic E-state index is 9.40. The highest BCUT2D eigenvalue weighted by Gasteiger charge is 2.37. The molecule has 0 aliphatic carbocycles. The Kier molecular flexibility index (Phi) is 1490. The van der Waals surface area contributed by atoms with Crippen LogP contribution in [0.5, 0.6) is 0 Å². The number of rotatable bonds is 17. The van der Waals surface area contributed by atoms with Crippen LogP contribution in [0.25, 0.3) is 0 Å². The van der Waals surface area contributed by atoms with Gasteiger partial charge in [0.15, 0.2) is 0 Å². The lowest BCUT2D eigenvalue weighted by Gasteiger charge is -2.23. The van der Waals surface area contributed by atoms with E-state index < -0.39 is 45.0 Å². The average Bonchev–Trinajstić information content (AvgIpc) is 3.76. The fourth-order valence-corrected chi connectivity index (χ4v) is 7.09. The van der Waals surface area contributed by atoms with Crippen LogP contribution < -0.4 is 17.2 Å². The van der Waals surface area contributed by atoms with Gasteiger partial charge in [-0.25, -0.2) is 0 Å². The van der Waals surface area contributed by atoms with Crippen LogP contribution in [-0.4, -0.2) is 481 Å². The standard InChI is InChI=1S/2C6H17NO3Si.C5H15NO3Si.29CH4O.2O2Si/c2*1-8-11(9-2,10-3)6-4-5-7;1-8-10(7,9-2)5-3-4-6;29*1-2;2*1-3-2/h2*4-7H2,1-3H3;7H,3-6H2,1-2H3;29*2H,1H3;;. The van der Waals surface area contributed by atoms with Gasteiger partial charge in [0.05, 0.1) is 0 Å². The molecule has 0 radical (unpaired) electrons. The van der Waals surface area contributed by atoms with Crippen molar-refractivity contribution >= 4 is 45.0 Å². The molecule has 0 fully saturated rings. The number of aliphatic hydroxyl groups excluding tert-OH is 29. The zero-order chi connectivity index (χ0) is 88.9. The molecule has 0 spiro atoms. The van der Waals surface area contributed by atoms with Crippen molar-refractivity contribution in [3.8, 4) is 0 Å². The van der Waals surface area contributed by atoms with E-state index in [4.69, 9.17) is 219 Å². The molecular weight excluding hydrogens is 1410 g/mol. The first-order valence-electron chi connectivity index (χ1n) is 24.2. The lowest BCUT2D eigenvalue weighted by molar-refractivity contribution is 0.122. The zero-order valence-electron chi connectivity index (χ0n) is 65.9. The van der Waals surface area contributed by atoms with E-state index in [0.717, 1.165) is 238 Å². The van der Waals surface area contributed by atoms with E-state index in [0.29, 0.717) is 25.7 Å². The molecule has 0 saturated carbocycles. The normalized spacial score (nSPS) is 5.98. The lowest BCUT2D eigenvalue weighted by Crippen LogP contribution is -2.42. The fraction of sp³-hybridized carbons (Fsp3) is 1.00. The lowest BCUT2D eigenvalue weighted by atomic mass is 10.5. The molecule has 0 amide bonds. The molecule has 0 unspecified atom stereocenters. The van der Waals surface area contributed by atoms with Crippen LogP contribution in [0.15, 0.2) is 0 Å². The second-order valence-electron chi connectivity index (χ2n) is 6.56. The van der Waals surface area contributed by atoms with Crippen LogP contribution in [0.4, 0.5) is 0 Å². The van der Waals surface area contributed by atoms with Gasteiger partial charge in [0.2, 0.25) is 0 Å². The summed E-state index contributed by atoms with van der Waals surface area (Å²) in [6, 6.07) is 2.11. The van der Waals surface area contributed by atoms with Gasteiger partial charge in [0.1, 0.15) is 0 Å². The minimum absolute atomic E-state index is 0.538. The van der Waals surface area contributed by atoms with E-state index in [2.05, 4.69) is 0 Å². The summed E-state index contributed by atoms with van der Waals surface area (Å²) in [6.45, 7) is 1.84. The first kappa shape index (κ1) is 226. The molecule has 0 bridgehead atoms. The van der Waals surface area contributed by atoms with Gasteiger partial charge in [-0.2, -0.15) is 0 Å². The SMILES string of the molecule is CO.CO.CO.CO.CO.CO.CO.CO.CO.CO.CO.CO.CO.CO.CO.CO.CO.CO.CO.CO.CO.CO.CO.CO.CO.CO.CO.CO.CO.CO[Si](CCCN)(OC)OC.CO[Si](CCCN)(OC)OC.CO[Si](O)(CCCN)OC.O=[Si]=O.O=[Si]=O. The third-order valence-electron chi connectivity index (χ3n) is 4.57. The summed E-state index contributed by atoms with van der Waals surface area (Å²) in [4.78, 5) is 9.40. The van der Waals surface area contributed by atoms with Crippen LogP contribution in [0, 0.1) is 0 Å². The fourth-order valence-electron chi connectivity index (χ4n) is 2.36. The molecule has 0 aromatic carbocycles. The maximum absolute atomic E-state index is 9.40. The maximum Gasteiger partial charge on any atom is 0.549 e. The summed E-state index contributed by atoms with van der Waals surface area (Å²) >= 11 is 0. The van der Waals surface area contributed by atoms with Crippen molar-refractivity contribution in [2.45, 2.75) is 37.4 Å². The molecule has 0 aliphatic heterocycles. The highest BCUT2D eigenvalue weighted by molar-refractivity contribution is 6.61. The smallest absolute Gasteiger partial charge is 0.400 e. The largest absolute Gasteiger partial charge is 0.549 e. The second kappa shape index (κ2) is 633. The molecule has 45 nitrogen and oxygen atoms in total. The van der Waals surface area contributed by atoms with Crippen molar-refractivity contribution in [2.24, 2.45) is 17.2 Å². The third kappa shape index (κ3) is 549. The first-order valence-corrected chi connectivity index (χ1v) is 31.7. The predicted molar refractivity (Wildman–Crippen MR) is 381 cm³/mol. The van der Waals surface area contributed by atoms with Gasteiger partial charge in [-0.05, 0) is 38.9 Å². The number of hydrogen-bond acceptors (Lipinski definition) is 45. The summed E-state index contributed by atoms with van der Waals surface area (Å²) in [5, 5.41) is 203. The predicted octanol–water partition coefficient (Wildman–Crippen LogP) is -12.6. The number of nitrogens with two attached hydrogens (primary N) is 3. The Morgan fingerprint density at radius 3 is 0.354 bits per heavy atom. The molecular formula is C46H165N3O42Si5. The van der Waals surface area contributed by atoms with E-state index in [-0.39, 0.29) is 0 Å². The van der Waals surface area contributed by atoms with Gasteiger partial charge >= 0.3 is 45.0 Å². The Hall–Kier alpha value is -1.36. The number of hydrogen-bond donors (Lipinski definition) is 33. The van der Waals surface area contributed by atoms with Crippen molar-refractivity contribution in [3.63, 3.8) is 0 Å². The second-order valence-corrected chi connectivity index (χ2v) is 15.8. The van der Waals surface area contributed by atoms with Crippen LogP contribution >= 0.6 is 0 Å². The summed E-state index contributed by atoms with van der Waals surface area (Å²) < 4.78 is 74.3. The Bertz CT molecular complexity index is 567. The van der Waals surface area contributed by atoms with Crippen LogP contribution in [0.2, 0.25) is 18.1 Å². The van der Waals surface area contributed by atoms with Crippen LogP contribution in [0.1, 0.15) is 19.3 Å². The van der Waals surface area contributed by atoms with Crippen molar-refractivity contribution in [2.75, 3.05) is 283 Å². The minimum atomic E-state index is -2.80. The van der Waals surface area contributed by atoms with E-state index in [1.165, 1.54) is 14.2 Å². The number of aliphatic hydroxyl groups is 29. The Morgan fingerprint density at radius 1 is 0.208 bits per heavy atom. The molecule has 0 aliphatic rings. The van der Waals surface area contributed by atoms with Crippen LogP contribution in [0.3, 0.4) is 0 Å². The third-order valence-corrected chi connectivity index (χ3v) is 12.5. The molecule has 36 N–H and O–H groups in total. The molecule has 636 valence electrons. The highest BCUT2D eigenvalue weighted by Crippen LogP contribution is 2.14. The molecule has 0 heterocycles. The van der Waals surface area contributed by atoms with Crippen molar-refractivity contribution < 1.29 is 206 Å². The molecule has 0 atom stereocenters. The van der Waals surface area contributed by atoms with Gasteiger partial charge < -0.3 is 205 Å². The molecule has 50 heteroatoms. The molecule has 96 heavy (non-hydrogen) atoms. The van der Waals surface area contributed by atoms with Crippen LogP contribution in [-0.2, 0) is 53.3 Å². The van der Waals surface area contributed by atoms with E-state index in [9.17, 15) is 4.80 Å². The van der Waals surface area contributed by atoms with Gasteiger partial charge in [0.25, 0.3) is 0 Å². The summed E-state index contributed by atoms with van der Waals surface area (Å²) in [7, 11) is 31.3. The molecule has 0 saturated heterocycles. The Balaban J connectivity index is -0.0000000134. The van der Waals surface area contributed by atoms with Gasteiger partial charge in [-0.3, -0.25) is 17.8 Å². The molecule has 0 aromatic heterocycles. The minimum Gasteiger partial charge on any atom is -0.400 e. The monoisotopic (exact) mass is 1570 g/mol. The van der Waals surface area contributed by atoms with Crippen molar-refractivity contribution in [1.29, 1.82) is 0 Å². The van der Waals surface area contributed by atoms with Gasteiger partial charge in [-0.15, -0.1) is 0 Å². The average molecular weight is 1570 g/mol. The van der Waals surface area contributed by atoms with E-state index in [1.54, 1.807) is 42.7 Å². The summed E-state index contributed by atoms with van der Waals surface area (Å²) in [5.41, 5.74) is 16.0.